The van der Waals surface area contributed by atoms with Crippen LogP contribution >= 0.6 is 15.9 Å². The summed E-state index contributed by atoms with van der Waals surface area (Å²) in [5.74, 6) is 0. The molecule has 0 aliphatic rings. The van der Waals surface area contributed by atoms with E-state index in [0.717, 1.165) is 0 Å². The molecule has 80 valence electrons. The maximum atomic E-state index is 11.9. The first kappa shape index (κ1) is 10.4. The number of halogens is 1. The highest BCUT2D eigenvalue weighted by atomic mass is 79.9. The fourth-order valence-corrected chi connectivity index (χ4v) is 1.89. The van der Waals surface area contributed by atoms with Gasteiger partial charge in [-0.2, -0.15) is 0 Å². The highest BCUT2D eigenvalue weighted by molar-refractivity contribution is 9.10. The van der Waals surface area contributed by atoms with E-state index in [2.05, 4.69) is 25.9 Å². The highest BCUT2D eigenvalue weighted by Gasteiger charge is 2.13. The zero-order valence-corrected chi connectivity index (χ0v) is 10.2. The van der Waals surface area contributed by atoms with Gasteiger partial charge in [-0.15, -0.1) is 0 Å². The number of fused-ring (bicyclic) bond motifs is 1. The highest BCUT2D eigenvalue weighted by Crippen LogP contribution is 2.11. The molecule has 0 saturated carbocycles. The Morgan fingerprint density at radius 3 is 2.47 bits per heavy atom. The fraction of sp³-hybridized carbons (Fsp3) is 0.444. The molecule has 0 spiro atoms. The van der Waals surface area contributed by atoms with Crippen molar-refractivity contribution in [2.24, 2.45) is 0 Å². The predicted octanol–water partition coefficient (Wildman–Crippen LogP) is 1.40. The summed E-state index contributed by atoms with van der Waals surface area (Å²) in [6, 6.07) is 0. The van der Waals surface area contributed by atoms with Crippen LogP contribution in [0.15, 0.2) is 15.6 Å². The number of nitrogens with zero attached hydrogens (tertiary/aromatic N) is 4. The topological polar surface area (TPSA) is 52.7 Å². The Kier molecular flexibility index (Phi) is 2.60. The Balaban J connectivity index is 2.92. The number of hydrogen-bond acceptors (Lipinski definition) is 3. The van der Waals surface area contributed by atoms with E-state index in [1.807, 2.05) is 13.8 Å². The van der Waals surface area contributed by atoms with Gasteiger partial charge in [-0.1, -0.05) is 0 Å². The zero-order chi connectivity index (χ0) is 11.0. The Morgan fingerprint density at radius 2 is 1.87 bits per heavy atom. The average molecular weight is 271 g/mol. The molecule has 0 unspecified atom stereocenters. The summed E-state index contributed by atoms with van der Waals surface area (Å²) in [6.45, 7) is 5.06. The minimum absolute atomic E-state index is 0.0481. The minimum Gasteiger partial charge on any atom is -0.275 e. The molecule has 0 aliphatic carbocycles. The van der Waals surface area contributed by atoms with Crippen molar-refractivity contribution in [1.82, 2.24) is 19.1 Å². The molecule has 2 rings (SSSR count). The van der Waals surface area contributed by atoms with Gasteiger partial charge in [0, 0.05) is 13.1 Å². The summed E-state index contributed by atoms with van der Waals surface area (Å²) in [6.07, 6.45) is 1.61. The second-order valence-electron chi connectivity index (χ2n) is 3.11. The van der Waals surface area contributed by atoms with E-state index in [1.54, 1.807) is 15.3 Å². The van der Waals surface area contributed by atoms with Gasteiger partial charge in [-0.05, 0) is 29.8 Å². The van der Waals surface area contributed by atoms with Gasteiger partial charge < -0.3 is 0 Å². The van der Waals surface area contributed by atoms with Gasteiger partial charge in [0.25, 0.3) is 0 Å². The second kappa shape index (κ2) is 3.77. The molecule has 0 fully saturated rings. The van der Waals surface area contributed by atoms with E-state index in [-0.39, 0.29) is 5.69 Å². The van der Waals surface area contributed by atoms with Crippen LogP contribution in [0.4, 0.5) is 0 Å². The smallest absolute Gasteiger partial charge is 0.275 e. The summed E-state index contributed by atoms with van der Waals surface area (Å²) in [4.78, 5) is 20.4. The largest absolute Gasteiger partial charge is 0.331 e. The Bertz CT molecular complexity index is 557. The van der Waals surface area contributed by atoms with Crippen LogP contribution in [0.2, 0.25) is 0 Å². The van der Waals surface area contributed by atoms with Gasteiger partial charge in [0.15, 0.2) is 11.3 Å². The maximum Gasteiger partial charge on any atom is 0.331 e. The van der Waals surface area contributed by atoms with Crippen molar-refractivity contribution in [3.63, 3.8) is 0 Å². The molecule has 0 aromatic carbocycles. The van der Waals surface area contributed by atoms with Crippen molar-refractivity contribution in [1.29, 1.82) is 0 Å². The number of aromatic nitrogens is 4. The molecule has 0 N–H and O–H groups in total. The number of rotatable bonds is 2. The number of hydrogen-bond donors (Lipinski definition) is 0. The van der Waals surface area contributed by atoms with Crippen molar-refractivity contribution >= 4 is 27.2 Å². The van der Waals surface area contributed by atoms with Crippen LogP contribution in [0.25, 0.3) is 11.3 Å². The van der Waals surface area contributed by atoms with Gasteiger partial charge in [0.2, 0.25) is 0 Å². The Labute approximate surface area is 94.9 Å². The van der Waals surface area contributed by atoms with Crippen molar-refractivity contribution in [3.05, 3.63) is 21.3 Å². The molecule has 0 amide bonds. The lowest BCUT2D eigenvalue weighted by molar-refractivity contribution is 0.666. The lowest BCUT2D eigenvalue weighted by atomic mass is 10.6. The van der Waals surface area contributed by atoms with Crippen LogP contribution in [0.5, 0.6) is 0 Å². The van der Waals surface area contributed by atoms with Gasteiger partial charge in [0.05, 0.1) is 6.20 Å². The van der Waals surface area contributed by atoms with Crippen molar-refractivity contribution in [3.8, 4) is 0 Å². The monoisotopic (exact) mass is 270 g/mol. The third kappa shape index (κ3) is 1.49. The quantitative estimate of drug-likeness (QED) is 0.829. The normalized spacial score (nSPS) is 11.1. The van der Waals surface area contributed by atoms with Crippen LogP contribution in [-0.4, -0.2) is 19.1 Å². The van der Waals surface area contributed by atoms with Crippen LogP contribution in [0, 0.1) is 0 Å². The van der Waals surface area contributed by atoms with Crippen LogP contribution < -0.4 is 5.69 Å². The molecule has 5 nitrogen and oxygen atoms in total. The molecule has 2 aromatic heterocycles. The molecule has 0 atom stereocenters. The summed E-state index contributed by atoms with van der Waals surface area (Å²) < 4.78 is 3.89. The summed E-state index contributed by atoms with van der Waals surface area (Å²) in [7, 11) is 0. The van der Waals surface area contributed by atoms with Gasteiger partial charge in [-0.25, -0.2) is 14.8 Å². The Hall–Kier alpha value is -1.17. The van der Waals surface area contributed by atoms with Crippen molar-refractivity contribution in [2.75, 3.05) is 0 Å². The first-order valence-electron chi connectivity index (χ1n) is 4.80. The standard InChI is InChI=1S/C9H11BrN4O/c1-3-13-7-8(12-6(10)5-11-7)14(4-2)9(13)15/h5H,3-4H2,1-2H3. The molecule has 0 aliphatic heterocycles. The molecule has 6 heteroatoms. The SMILES string of the molecule is CCn1c(=O)n(CC)c2nc(Br)cnc21. The lowest BCUT2D eigenvalue weighted by Crippen LogP contribution is -2.23. The van der Waals surface area contributed by atoms with Crippen LogP contribution in [0.1, 0.15) is 13.8 Å². The summed E-state index contributed by atoms with van der Waals surface area (Å²) in [5, 5.41) is 0. The Morgan fingerprint density at radius 1 is 1.27 bits per heavy atom. The van der Waals surface area contributed by atoms with E-state index in [9.17, 15) is 4.79 Å². The maximum absolute atomic E-state index is 11.9. The third-order valence-electron chi connectivity index (χ3n) is 2.31. The van der Waals surface area contributed by atoms with Crippen molar-refractivity contribution in [2.45, 2.75) is 26.9 Å². The van der Waals surface area contributed by atoms with E-state index < -0.39 is 0 Å². The average Bonchev–Trinajstić information content (AvgIpc) is 2.48. The molecule has 2 heterocycles. The first-order chi connectivity index (χ1) is 7.19. The van der Waals surface area contributed by atoms with Gasteiger partial charge in [0.1, 0.15) is 4.60 Å². The summed E-state index contributed by atoms with van der Waals surface area (Å²) in [5.41, 5.74) is 1.24. The molecule has 0 bridgehead atoms. The fourth-order valence-electron chi connectivity index (χ4n) is 1.62. The molecule has 0 saturated heterocycles. The minimum atomic E-state index is -0.0481. The molecule has 0 radical (unpaired) electrons. The second-order valence-corrected chi connectivity index (χ2v) is 3.92. The molecule has 2 aromatic rings. The predicted molar refractivity (Wildman–Crippen MR) is 60.8 cm³/mol. The first-order valence-corrected chi connectivity index (χ1v) is 5.59. The summed E-state index contributed by atoms with van der Waals surface area (Å²) >= 11 is 3.25. The van der Waals surface area contributed by atoms with Crippen molar-refractivity contribution < 1.29 is 0 Å². The van der Waals surface area contributed by atoms with E-state index >= 15 is 0 Å². The van der Waals surface area contributed by atoms with Crippen LogP contribution in [-0.2, 0) is 13.1 Å². The van der Waals surface area contributed by atoms with Gasteiger partial charge >= 0.3 is 5.69 Å². The van der Waals surface area contributed by atoms with Crippen LogP contribution in [0.3, 0.4) is 0 Å². The molecular formula is C9H11BrN4O. The van der Waals surface area contributed by atoms with Gasteiger partial charge in [-0.3, -0.25) is 9.13 Å². The van der Waals surface area contributed by atoms with E-state index in [4.69, 9.17) is 0 Å². The molecular weight excluding hydrogens is 260 g/mol. The van der Waals surface area contributed by atoms with E-state index in [0.29, 0.717) is 29.0 Å². The number of aryl methyl sites for hydroxylation is 2. The molecule has 15 heavy (non-hydrogen) atoms. The number of imidazole rings is 1. The third-order valence-corrected chi connectivity index (χ3v) is 2.69. The zero-order valence-electron chi connectivity index (χ0n) is 8.57. The van der Waals surface area contributed by atoms with E-state index in [1.165, 1.54) is 0 Å². The lowest BCUT2D eigenvalue weighted by Gasteiger charge is -1.95.